The Labute approximate surface area is 155 Å². The minimum Gasteiger partial charge on any atom is -0.378 e. The van der Waals surface area contributed by atoms with E-state index in [1.54, 1.807) is 24.4 Å². The van der Waals surface area contributed by atoms with Crippen molar-refractivity contribution in [2.75, 3.05) is 42.6 Å². The molecule has 140 valence electrons. The molecule has 0 spiro atoms. The third kappa shape index (κ3) is 2.92. The number of ether oxygens (including phenoxy) is 1. The summed E-state index contributed by atoms with van der Waals surface area (Å²) in [7, 11) is 0. The number of aromatic nitrogens is 2. The van der Waals surface area contributed by atoms with Crippen LogP contribution >= 0.6 is 0 Å². The molecule has 7 heteroatoms. The molecular weight excluding hydrogens is 350 g/mol. The lowest BCUT2D eigenvalue weighted by Gasteiger charge is -2.31. The molecule has 0 aliphatic carbocycles. The third-order valence-corrected chi connectivity index (χ3v) is 5.42. The number of halogens is 2. The molecular formula is C20H20F2N4O. The van der Waals surface area contributed by atoms with Gasteiger partial charge in [-0.3, -0.25) is 0 Å². The maximum absolute atomic E-state index is 14.7. The summed E-state index contributed by atoms with van der Waals surface area (Å²) in [6.45, 7) is 3.87. The third-order valence-electron chi connectivity index (χ3n) is 5.42. The van der Waals surface area contributed by atoms with Crippen LogP contribution in [-0.2, 0) is 17.7 Å². The SMILES string of the molecule is Fc1ccc2[nH]c3c(c2c1)CCN(c1cnc(N2CCOCC2)c(F)c1)C3. The van der Waals surface area contributed by atoms with Gasteiger partial charge in [0.25, 0.3) is 0 Å². The fourth-order valence-corrected chi connectivity index (χ4v) is 4.03. The van der Waals surface area contributed by atoms with Crippen molar-refractivity contribution in [3.05, 3.63) is 53.4 Å². The number of rotatable bonds is 2. The number of morpholine rings is 1. The Hall–Kier alpha value is -2.67. The molecule has 2 aliphatic rings. The summed E-state index contributed by atoms with van der Waals surface area (Å²) in [5, 5.41) is 0.941. The Balaban J connectivity index is 1.41. The zero-order chi connectivity index (χ0) is 18.4. The Morgan fingerprint density at radius 1 is 1.04 bits per heavy atom. The summed E-state index contributed by atoms with van der Waals surface area (Å²) in [4.78, 5) is 11.8. The predicted molar refractivity (Wildman–Crippen MR) is 100 cm³/mol. The van der Waals surface area contributed by atoms with Crippen molar-refractivity contribution in [1.29, 1.82) is 0 Å². The van der Waals surface area contributed by atoms with Gasteiger partial charge in [0.15, 0.2) is 11.6 Å². The summed E-state index contributed by atoms with van der Waals surface area (Å²) in [5.41, 5.74) is 3.91. The highest BCUT2D eigenvalue weighted by atomic mass is 19.1. The van der Waals surface area contributed by atoms with Gasteiger partial charge in [0.1, 0.15) is 5.82 Å². The fraction of sp³-hybridized carbons (Fsp3) is 0.350. The van der Waals surface area contributed by atoms with Gasteiger partial charge in [-0.25, -0.2) is 13.8 Å². The van der Waals surface area contributed by atoms with Crippen molar-refractivity contribution >= 4 is 22.4 Å². The van der Waals surface area contributed by atoms with Gasteiger partial charge in [-0.1, -0.05) is 0 Å². The number of nitrogens with zero attached hydrogens (tertiary/aromatic N) is 3. The largest absolute Gasteiger partial charge is 0.378 e. The quantitative estimate of drug-likeness (QED) is 0.752. The van der Waals surface area contributed by atoms with E-state index in [1.165, 1.54) is 6.07 Å². The topological polar surface area (TPSA) is 44.4 Å². The van der Waals surface area contributed by atoms with E-state index in [1.807, 2.05) is 4.90 Å². The number of hydrogen-bond acceptors (Lipinski definition) is 4. The number of H-pyrrole nitrogens is 1. The Bertz CT molecular complexity index is 997. The molecule has 27 heavy (non-hydrogen) atoms. The van der Waals surface area contributed by atoms with Gasteiger partial charge in [-0.05, 0) is 30.2 Å². The fourth-order valence-electron chi connectivity index (χ4n) is 4.03. The lowest BCUT2D eigenvalue weighted by atomic mass is 10.0. The summed E-state index contributed by atoms with van der Waals surface area (Å²) in [6.07, 6.45) is 2.52. The summed E-state index contributed by atoms with van der Waals surface area (Å²) >= 11 is 0. The zero-order valence-corrected chi connectivity index (χ0v) is 14.8. The van der Waals surface area contributed by atoms with Gasteiger partial charge in [-0.2, -0.15) is 0 Å². The maximum Gasteiger partial charge on any atom is 0.167 e. The highest BCUT2D eigenvalue weighted by Gasteiger charge is 2.23. The Kier molecular flexibility index (Phi) is 3.97. The van der Waals surface area contributed by atoms with Crippen molar-refractivity contribution in [2.45, 2.75) is 13.0 Å². The van der Waals surface area contributed by atoms with Crippen LogP contribution in [-0.4, -0.2) is 42.8 Å². The second-order valence-corrected chi connectivity index (χ2v) is 7.04. The second kappa shape index (κ2) is 6.49. The molecule has 0 saturated carbocycles. The van der Waals surface area contributed by atoms with Crippen molar-refractivity contribution in [2.24, 2.45) is 0 Å². The predicted octanol–water partition coefficient (Wildman–Crippen LogP) is 3.24. The molecule has 0 amide bonds. The van der Waals surface area contributed by atoms with Crippen LogP contribution in [0.3, 0.4) is 0 Å². The summed E-state index contributed by atoms with van der Waals surface area (Å²) < 4.78 is 33.6. The molecule has 1 saturated heterocycles. The van der Waals surface area contributed by atoms with Crippen LogP contribution in [0.2, 0.25) is 0 Å². The molecule has 0 atom stereocenters. The molecule has 5 rings (SSSR count). The number of anilines is 2. The van der Waals surface area contributed by atoms with Crippen molar-refractivity contribution < 1.29 is 13.5 Å². The highest BCUT2D eigenvalue weighted by molar-refractivity contribution is 5.85. The lowest BCUT2D eigenvalue weighted by molar-refractivity contribution is 0.122. The number of aromatic amines is 1. The standard InChI is InChI=1S/C20H20F2N4O/c21-13-1-2-18-16(9-13)15-3-4-26(12-19(15)24-18)14-10-17(22)20(23-11-14)25-5-7-27-8-6-25/h1-2,9-11,24H,3-8,12H2. The molecule has 1 N–H and O–H groups in total. The molecule has 4 heterocycles. The van der Waals surface area contributed by atoms with E-state index in [-0.39, 0.29) is 11.6 Å². The lowest BCUT2D eigenvalue weighted by Crippen LogP contribution is -2.37. The number of nitrogens with one attached hydrogen (secondary N) is 1. The molecule has 5 nitrogen and oxygen atoms in total. The van der Waals surface area contributed by atoms with Crippen molar-refractivity contribution in [3.8, 4) is 0 Å². The number of benzene rings is 1. The monoisotopic (exact) mass is 370 g/mol. The average molecular weight is 370 g/mol. The highest BCUT2D eigenvalue weighted by Crippen LogP contribution is 2.31. The molecule has 0 bridgehead atoms. The molecule has 1 aromatic carbocycles. The van der Waals surface area contributed by atoms with Crippen LogP contribution in [0.1, 0.15) is 11.3 Å². The van der Waals surface area contributed by atoms with Crippen LogP contribution in [0, 0.1) is 11.6 Å². The van der Waals surface area contributed by atoms with Gasteiger partial charge in [-0.15, -0.1) is 0 Å². The first-order chi connectivity index (χ1) is 13.2. The van der Waals surface area contributed by atoms with Gasteiger partial charge in [0, 0.05) is 42.3 Å². The van der Waals surface area contributed by atoms with E-state index in [0.29, 0.717) is 38.7 Å². The molecule has 1 fully saturated rings. The number of hydrogen-bond donors (Lipinski definition) is 1. The maximum atomic E-state index is 14.7. The van der Waals surface area contributed by atoms with E-state index < -0.39 is 0 Å². The van der Waals surface area contributed by atoms with Crippen molar-refractivity contribution in [3.63, 3.8) is 0 Å². The van der Waals surface area contributed by atoms with Crippen LogP contribution < -0.4 is 9.80 Å². The normalized spacial score (nSPS) is 17.4. The van der Waals surface area contributed by atoms with Crippen LogP contribution in [0.25, 0.3) is 10.9 Å². The van der Waals surface area contributed by atoms with Crippen LogP contribution in [0.5, 0.6) is 0 Å². The van der Waals surface area contributed by atoms with Gasteiger partial charge >= 0.3 is 0 Å². The first-order valence-electron chi connectivity index (χ1n) is 9.21. The number of pyridine rings is 1. The molecule has 2 aliphatic heterocycles. The van der Waals surface area contributed by atoms with Crippen LogP contribution in [0.15, 0.2) is 30.5 Å². The molecule has 3 aromatic rings. The second-order valence-electron chi connectivity index (χ2n) is 7.04. The average Bonchev–Trinajstić information content (AvgIpc) is 3.05. The Morgan fingerprint density at radius 3 is 2.70 bits per heavy atom. The van der Waals surface area contributed by atoms with Gasteiger partial charge in [0.05, 0.1) is 31.6 Å². The first-order valence-corrected chi connectivity index (χ1v) is 9.21. The molecule has 2 aromatic heterocycles. The minimum absolute atomic E-state index is 0.225. The van der Waals surface area contributed by atoms with E-state index in [9.17, 15) is 8.78 Å². The van der Waals surface area contributed by atoms with E-state index >= 15 is 0 Å². The van der Waals surface area contributed by atoms with E-state index in [2.05, 4.69) is 14.9 Å². The Morgan fingerprint density at radius 2 is 1.89 bits per heavy atom. The van der Waals surface area contributed by atoms with Crippen molar-refractivity contribution in [1.82, 2.24) is 9.97 Å². The first kappa shape index (κ1) is 16.5. The molecule has 0 radical (unpaired) electrons. The smallest absolute Gasteiger partial charge is 0.167 e. The van der Waals surface area contributed by atoms with Gasteiger partial charge in [0.2, 0.25) is 0 Å². The zero-order valence-electron chi connectivity index (χ0n) is 14.8. The van der Waals surface area contributed by atoms with E-state index in [4.69, 9.17) is 4.74 Å². The summed E-state index contributed by atoms with van der Waals surface area (Å²) in [6, 6.07) is 6.38. The van der Waals surface area contributed by atoms with Gasteiger partial charge < -0.3 is 19.5 Å². The molecule has 0 unspecified atom stereocenters. The minimum atomic E-state index is -0.307. The summed E-state index contributed by atoms with van der Waals surface area (Å²) in [5.74, 6) is -0.142. The van der Waals surface area contributed by atoms with Crippen LogP contribution in [0.4, 0.5) is 20.3 Å². The van der Waals surface area contributed by atoms with E-state index in [0.717, 1.165) is 40.8 Å². The number of fused-ring (bicyclic) bond motifs is 3.